The maximum Gasteiger partial charge on any atom is 0.0724 e. The molecule has 3 heteroatoms. The largest absolute Gasteiger partial charge is 0.309 e. The topological polar surface area (TPSA) is 22.8 Å². The van der Waals surface area contributed by atoms with E-state index in [2.05, 4.69) is 166 Å². The second kappa shape index (κ2) is 9.82. The lowest BCUT2D eigenvalue weighted by Gasteiger charge is -2.13. The van der Waals surface area contributed by atoms with E-state index in [1.165, 1.54) is 60.3 Å². The Kier molecular flexibility index (Phi) is 5.50. The molecule has 0 atom stereocenters. The molecule has 0 saturated carbocycles. The Balaban J connectivity index is 1.30. The quantitative estimate of drug-likeness (QED) is 0.210. The van der Waals surface area contributed by atoms with Crippen LogP contribution in [0, 0.1) is 0 Å². The predicted molar refractivity (Wildman–Crippen MR) is 184 cm³/mol. The first-order chi connectivity index (χ1) is 21.8. The van der Waals surface area contributed by atoms with Crippen LogP contribution in [-0.4, -0.2) is 14.1 Å². The molecule has 0 aliphatic heterocycles. The molecule has 9 aromatic rings. The predicted octanol–water partition coefficient (Wildman–Crippen LogP) is 10.6. The van der Waals surface area contributed by atoms with Crippen LogP contribution in [0.2, 0.25) is 0 Å². The smallest absolute Gasteiger partial charge is 0.0724 e. The number of fused-ring (bicyclic) bond motifs is 6. The number of pyridine rings is 1. The minimum atomic E-state index is 1.11. The molecule has 0 bridgehead atoms. The van der Waals surface area contributed by atoms with Crippen molar-refractivity contribution in [3.8, 4) is 33.6 Å². The Labute approximate surface area is 254 Å². The summed E-state index contributed by atoms with van der Waals surface area (Å²) in [6.45, 7) is 0. The molecule has 6 aromatic carbocycles. The number of para-hydroxylation sites is 3. The Morgan fingerprint density at radius 3 is 1.86 bits per heavy atom. The molecule has 3 nitrogen and oxygen atoms in total. The van der Waals surface area contributed by atoms with Gasteiger partial charge in [-0.3, -0.25) is 4.98 Å². The summed E-state index contributed by atoms with van der Waals surface area (Å²) in [5, 5.41) is 4.93. The van der Waals surface area contributed by atoms with Crippen LogP contribution in [0.4, 0.5) is 0 Å². The van der Waals surface area contributed by atoms with E-state index in [4.69, 9.17) is 0 Å². The molecular formula is C41H27N3. The number of aromatic nitrogens is 3. The van der Waals surface area contributed by atoms with E-state index in [1.54, 1.807) is 0 Å². The molecule has 44 heavy (non-hydrogen) atoms. The first-order valence-electron chi connectivity index (χ1n) is 15.0. The number of hydrogen-bond acceptors (Lipinski definition) is 1. The van der Waals surface area contributed by atoms with Gasteiger partial charge in [-0.05, 0) is 59.2 Å². The van der Waals surface area contributed by atoms with Gasteiger partial charge in [-0.2, -0.15) is 0 Å². The summed E-state index contributed by atoms with van der Waals surface area (Å²) in [4.78, 5) is 4.51. The van der Waals surface area contributed by atoms with Gasteiger partial charge in [0, 0.05) is 44.7 Å². The highest BCUT2D eigenvalue weighted by molar-refractivity contribution is 6.15. The van der Waals surface area contributed by atoms with Crippen LogP contribution in [0.5, 0.6) is 0 Å². The van der Waals surface area contributed by atoms with E-state index in [1.807, 2.05) is 12.4 Å². The summed E-state index contributed by atoms with van der Waals surface area (Å²) in [6, 6.07) is 54.5. The number of nitrogens with zero attached hydrogens (tertiary/aromatic N) is 3. The minimum Gasteiger partial charge on any atom is -0.309 e. The second-order valence-corrected chi connectivity index (χ2v) is 11.3. The first-order valence-corrected chi connectivity index (χ1v) is 15.0. The second-order valence-electron chi connectivity index (χ2n) is 11.3. The average molecular weight is 562 g/mol. The summed E-state index contributed by atoms with van der Waals surface area (Å²) < 4.78 is 4.76. The van der Waals surface area contributed by atoms with Crippen molar-refractivity contribution in [1.82, 2.24) is 14.1 Å². The van der Waals surface area contributed by atoms with Gasteiger partial charge >= 0.3 is 0 Å². The van der Waals surface area contributed by atoms with Gasteiger partial charge in [-0.15, -0.1) is 0 Å². The Bertz CT molecular complexity index is 2470. The van der Waals surface area contributed by atoms with Crippen molar-refractivity contribution in [2.45, 2.75) is 0 Å². The third-order valence-electron chi connectivity index (χ3n) is 8.82. The van der Waals surface area contributed by atoms with Gasteiger partial charge in [0.25, 0.3) is 0 Å². The summed E-state index contributed by atoms with van der Waals surface area (Å²) in [5.41, 5.74) is 11.8. The zero-order chi connectivity index (χ0) is 29.0. The van der Waals surface area contributed by atoms with Crippen molar-refractivity contribution in [2.24, 2.45) is 0 Å². The fourth-order valence-electron chi connectivity index (χ4n) is 6.84. The normalized spacial score (nSPS) is 11.6. The minimum absolute atomic E-state index is 1.11. The third kappa shape index (κ3) is 3.73. The van der Waals surface area contributed by atoms with Crippen molar-refractivity contribution < 1.29 is 0 Å². The molecule has 0 saturated heterocycles. The van der Waals surface area contributed by atoms with E-state index in [-0.39, 0.29) is 0 Å². The molecule has 0 amide bonds. The summed E-state index contributed by atoms with van der Waals surface area (Å²) in [7, 11) is 0. The zero-order valence-electron chi connectivity index (χ0n) is 23.9. The van der Waals surface area contributed by atoms with E-state index >= 15 is 0 Å². The lowest BCUT2D eigenvalue weighted by atomic mass is 10.0. The molecule has 0 radical (unpaired) electrons. The number of rotatable bonds is 4. The van der Waals surface area contributed by atoms with Gasteiger partial charge in [0.1, 0.15) is 0 Å². The Morgan fingerprint density at radius 1 is 0.386 bits per heavy atom. The fraction of sp³-hybridized carbons (Fsp3) is 0. The molecule has 0 spiro atoms. The van der Waals surface area contributed by atoms with Gasteiger partial charge in [0.05, 0.1) is 28.3 Å². The van der Waals surface area contributed by atoms with Crippen molar-refractivity contribution in [2.75, 3.05) is 0 Å². The zero-order valence-corrected chi connectivity index (χ0v) is 23.9. The van der Waals surface area contributed by atoms with Crippen molar-refractivity contribution in [3.63, 3.8) is 0 Å². The monoisotopic (exact) mass is 561 g/mol. The highest BCUT2D eigenvalue weighted by atomic mass is 15.0. The van der Waals surface area contributed by atoms with Gasteiger partial charge in [-0.1, -0.05) is 109 Å². The Morgan fingerprint density at radius 2 is 1.02 bits per heavy atom. The molecule has 0 unspecified atom stereocenters. The first kappa shape index (κ1) is 24.6. The van der Waals surface area contributed by atoms with Gasteiger partial charge in [0.2, 0.25) is 0 Å². The molecular weight excluding hydrogens is 534 g/mol. The number of hydrogen-bond donors (Lipinski definition) is 0. The van der Waals surface area contributed by atoms with Crippen molar-refractivity contribution in [3.05, 3.63) is 164 Å². The van der Waals surface area contributed by atoms with E-state index in [9.17, 15) is 0 Å². The Hall–Kier alpha value is -5.93. The molecule has 3 heterocycles. The standard InChI is InChI=1S/C41H27N3/c1-3-10-28(11-4-1)29-18-21-32(22-19-29)43-38-17-8-7-14-34(38)35-23-20-30(26-39(35)43)33-15-9-16-37-36-24-25-42-27-40(36)44(41(33)37)31-12-5-2-6-13-31/h1-27H. The fourth-order valence-corrected chi connectivity index (χ4v) is 6.84. The maximum atomic E-state index is 4.51. The summed E-state index contributed by atoms with van der Waals surface area (Å²) >= 11 is 0. The highest BCUT2D eigenvalue weighted by Gasteiger charge is 2.18. The molecule has 0 aliphatic rings. The maximum absolute atomic E-state index is 4.51. The van der Waals surface area contributed by atoms with E-state index in [0.717, 1.165) is 16.9 Å². The van der Waals surface area contributed by atoms with Crippen LogP contribution in [0.1, 0.15) is 0 Å². The van der Waals surface area contributed by atoms with Crippen LogP contribution in [-0.2, 0) is 0 Å². The lowest BCUT2D eigenvalue weighted by Crippen LogP contribution is -1.96. The van der Waals surface area contributed by atoms with Crippen LogP contribution in [0.3, 0.4) is 0 Å². The molecule has 9 rings (SSSR count). The molecule has 206 valence electrons. The van der Waals surface area contributed by atoms with Crippen LogP contribution >= 0.6 is 0 Å². The van der Waals surface area contributed by atoms with Crippen LogP contribution < -0.4 is 0 Å². The molecule has 3 aromatic heterocycles. The van der Waals surface area contributed by atoms with Gasteiger partial charge in [-0.25, -0.2) is 0 Å². The molecule has 0 N–H and O–H groups in total. The third-order valence-corrected chi connectivity index (χ3v) is 8.82. The van der Waals surface area contributed by atoms with Gasteiger partial charge in [0.15, 0.2) is 0 Å². The average Bonchev–Trinajstić information content (AvgIpc) is 3.62. The highest BCUT2D eigenvalue weighted by Crippen LogP contribution is 2.40. The number of benzene rings is 6. The summed E-state index contributed by atoms with van der Waals surface area (Å²) in [6.07, 6.45) is 3.86. The molecule has 0 aliphatic carbocycles. The van der Waals surface area contributed by atoms with E-state index < -0.39 is 0 Å². The van der Waals surface area contributed by atoms with Crippen molar-refractivity contribution >= 4 is 43.6 Å². The van der Waals surface area contributed by atoms with Crippen molar-refractivity contribution in [1.29, 1.82) is 0 Å². The summed E-state index contributed by atoms with van der Waals surface area (Å²) in [5.74, 6) is 0. The van der Waals surface area contributed by atoms with Crippen LogP contribution in [0.15, 0.2) is 164 Å². The van der Waals surface area contributed by atoms with Crippen LogP contribution in [0.25, 0.3) is 77.2 Å². The van der Waals surface area contributed by atoms with Gasteiger partial charge < -0.3 is 9.13 Å². The molecule has 0 fully saturated rings. The van der Waals surface area contributed by atoms with E-state index in [0.29, 0.717) is 0 Å². The lowest BCUT2D eigenvalue weighted by molar-refractivity contribution is 1.17. The SMILES string of the molecule is c1ccc(-c2ccc(-n3c4ccccc4c4ccc(-c5cccc6c7ccncc7n(-c7ccccc7)c56)cc43)cc2)cc1.